The minimum absolute atomic E-state index is 0.260. The molecular formula is C9H14F3N3. The van der Waals surface area contributed by atoms with Gasteiger partial charge in [0.1, 0.15) is 0 Å². The lowest BCUT2D eigenvalue weighted by molar-refractivity contribution is -0.145. The van der Waals surface area contributed by atoms with Gasteiger partial charge in [-0.25, -0.2) is 4.98 Å². The van der Waals surface area contributed by atoms with Crippen LogP contribution in [-0.2, 0) is 6.54 Å². The van der Waals surface area contributed by atoms with Gasteiger partial charge in [-0.05, 0) is 5.92 Å². The van der Waals surface area contributed by atoms with Gasteiger partial charge in [-0.15, -0.1) is 0 Å². The number of hydrogen-bond donors (Lipinski definition) is 1. The fourth-order valence-corrected chi connectivity index (χ4v) is 1.44. The van der Waals surface area contributed by atoms with E-state index < -0.39 is 18.5 Å². The molecule has 0 saturated heterocycles. The average molecular weight is 221 g/mol. The molecule has 1 atom stereocenters. The number of hydrogen-bond acceptors (Lipinski definition) is 2. The van der Waals surface area contributed by atoms with Crippen LogP contribution in [-0.4, -0.2) is 15.7 Å². The van der Waals surface area contributed by atoms with Crippen LogP contribution < -0.4 is 5.73 Å². The highest BCUT2D eigenvalue weighted by Crippen LogP contribution is 2.27. The van der Waals surface area contributed by atoms with Crippen LogP contribution >= 0.6 is 0 Å². The predicted octanol–water partition coefficient (Wildman–Crippen LogP) is 2.44. The van der Waals surface area contributed by atoms with Crippen LogP contribution in [0.5, 0.6) is 0 Å². The molecule has 0 saturated carbocycles. The first-order chi connectivity index (χ1) is 6.92. The summed E-state index contributed by atoms with van der Waals surface area (Å²) < 4.78 is 38.0. The topological polar surface area (TPSA) is 43.8 Å². The van der Waals surface area contributed by atoms with E-state index in [1.165, 1.54) is 6.20 Å². The van der Waals surface area contributed by atoms with E-state index in [0.717, 1.165) is 0 Å². The van der Waals surface area contributed by atoms with E-state index in [4.69, 9.17) is 5.73 Å². The van der Waals surface area contributed by atoms with Crippen LogP contribution in [0.25, 0.3) is 0 Å². The first-order valence-electron chi connectivity index (χ1n) is 4.75. The van der Waals surface area contributed by atoms with Crippen molar-refractivity contribution in [1.82, 2.24) is 9.55 Å². The smallest absolute Gasteiger partial charge is 0.369 e. The molecule has 2 N–H and O–H groups in total. The van der Waals surface area contributed by atoms with Crippen molar-refractivity contribution in [2.24, 2.45) is 5.92 Å². The van der Waals surface area contributed by atoms with Gasteiger partial charge < -0.3 is 10.3 Å². The summed E-state index contributed by atoms with van der Waals surface area (Å²) in [6.45, 7) is 2.01. The van der Waals surface area contributed by atoms with Crippen molar-refractivity contribution in [2.75, 3.05) is 5.73 Å². The standard InChI is InChI=1S/C9H14F3N3/c1-2-7(5-9(10,11)12)6-15-4-3-14-8(15)13/h3-4,7H,2,5-6H2,1H3,(H2,13,14). The van der Waals surface area contributed by atoms with Gasteiger partial charge in [0, 0.05) is 25.4 Å². The molecule has 1 unspecified atom stereocenters. The largest absolute Gasteiger partial charge is 0.389 e. The fraction of sp³-hybridized carbons (Fsp3) is 0.667. The molecule has 0 aliphatic rings. The SMILES string of the molecule is CCC(Cn1ccnc1N)CC(F)(F)F. The van der Waals surface area contributed by atoms with Gasteiger partial charge in [0.25, 0.3) is 0 Å². The highest BCUT2D eigenvalue weighted by Gasteiger charge is 2.31. The monoisotopic (exact) mass is 221 g/mol. The zero-order valence-electron chi connectivity index (χ0n) is 8.46. The Balaban J connectivity index is 2.58. The Kier molecular flexibility index (Phi) is 3.60. The number of nitrogens with zero attached hydrogens (tertiary/aromatic N) is 2. The molecule has 0 aromatic carbocycles. The normalized spacial score (nSPS) is 14.1. The molecular weight excluding hydrogens is 207 g/mol. The van der Waals surface area contributed by atoms with Crippen LogP contribution in [0.3, 0.4) is 0 Å². The summed E-state index contributed by atoms with van der Waals surface area (Å²) >= 11 is 0. The number of aromatic nitrogens is 2. The average Bonchev–Trinajstić information content (AvgIpc) is 2.48. The van der Waals surface area contributed by atoms with Crippen molar-refractivity contribution in [3.05, 3.63) is 12.4 Å². The van der Waals surface area contributed by atoms with Crippen LogP contribution in [0.2, 0.25) is 0 Å². The van der Waals surface area contributed by atoms with Crippen molar-refractivity contribution >= 4 is 5.95 Å². The minimum atomic E-state index is -4.12. The Morgan fingerprint density at radius 2 is 2.20 bits per heavy atom. The van der Waals surface area contributed by atoms with E-state index in [9.17, 15) is 13.2 Å². The van der Waals surface area contributed by atoms with E-state index in [1.807, 2.05) is 0 Å². The summed E-state index contributed by atoms with van der Waals surface area (Å²) in [4.78, 5) is 3.76. The molecule has 1 aromatic heterocycles. The maximum atomic E-state index is 12.2. The maximum Gasteiger partial charge on any atom is 0.389 e. The Morgan fingerprint density at radius 1 is 1.53 bits per heavy atom. The van der Waals surface area contributed by atoms with E-state index in [-0.39, 0.29) is 12.5 Å². The summed E-state index contributed by atoms with van der Waals surface area (Å²) in [7, 11) is 0. The first kappa shape index (κ1) is 11.9. The second-order valence-corrected chi connectivity index (χ2v) is 3.53. The number of imidazole rings is 1. The van der Waals surface area contributed by atoms with Crippen molar-refractivity contribution < 1.29 is 13.2 Å². The number of rotatable bonds is 4. The Labute approximate surface area is 86.1 Å². The van der Waals surface area contributed by atoms with Crippen molar-refractivity contribution in [1.29, 1.82) is 0 Å². The third-order valence-corrected chi connectivity index (χ3v) is 2.30. The first-order valence-corrected chi connectivity index (χ1v) is 4.75. The molecule has 0 aliphatic carbocycles. The lowest BCUT2D eigenvalue weighted by Gasteiger charge is -2.17. The van der Waals surface area contributed by atoms with Crippen LogP contribution in [0.15, 0.2) is 12.4 Å². The van der Waals surface area contributed by atoms with Gasteiger partial charge in [-0.1, -0.05) is 13.3 Å². The van der Waals surface area contributed by atoms with Crippen molar-refractivity contribution in [3.63, 3.8) is 0 Å². The molecule has 1 heterocycles. The fourth-order valence-electron chi connectivity index (χ4n) is 1.44. The van der Waals surface area contributed by atoms with Gasteiger partial charge in [-0.3, -0.25) is 0 Å². The highest BCUT2D eigenvalue weighted by molar-refractivity contribution is 5.16. The maximum absolute atomic E-state index is 12.2. The predicted molar refractivity (Wildman–Crippen MR) is 51.1 cm³/mol. The van der Waals surface area contributed by atoms with Gasteiger partial charge >= 0.3 is 6.18 Å². The molecule has 0 fully saturated rings. The summed E-state index contributed by atoms with van der Waals surface area (Å²) in [5.74, 6) is -0.183. The van der Waals surface area contributed by atoms with Crippen LogP contribution in [0.4, 0.5) is 19.1 Å². The van der Waals surface area contributed by atoms with Crippen LogP contribution in [0, 0.1) is 5.92 Å². The summed E-state index contributed by atoms with van der Waals surface area (Å²) in [6.07, 6.45) is -1.35. The van der Waals surface area contributed by atoms with Crippen molar-refractivity contribution in [3.8, 4) is 0 Å². The number of alkyl halides is 3. The molecule has 3 nitrogen and oxygen atoms in total. The minimum Gasteiger partial charge on any atom is -0.369 e. The molecule has 1 rings (SSSR count). The third kappa shape index (κ3) is 3.81. The molecule has 1 aromatic rings. The Hall–Kier alpha value is -1.20. The van der Waals surface area contributed by atoms with Gasteiger partial charge in [-0.2, -0.15) is 13.2 Å². The molecule has 6 heteroatoms. The second-order valence-electron chi connectivity index (χ2n) is 3.53. The van der Waals surface area contributed by atoms with E-state index >= 15 is 0 Å². The van der Waals surface area contributed by atoms with Gasteiger partial charge in [0.2, 0.25) is 0 Å². The van der Waals surface area contributed by atoms with E-state index in [2.05, 4.69) is 4.98 Å². The Morgan fingerprint density at radius 3 is 2.60 bits per heavy atom. The second kappa shape index (κ2) is 4.55. The number of nitrogen functional groups attached to an aromatic ring is 1. The van der Waals surface area contributed by atoms with Crippen LogP contribution in [0.1, 0.15) is 19.8 Å². The van der Waals surface area contributed by atoms with E-state index in [0.29, 0.717) is 6.42 Å². The summed E-state index contributed by atoms with van der Waals surface area (Å²) in [5.41, 5.74) is 5.48. The molecule has 0 bridgehead atoms. The number of halogens is 3. The molecule has 0 amide bonds. The van der Waals surface area contributed by atoms with Gasteiger partial charge in [0.05, 0.1) is 0 Å². The third-order valence-electron chi connectivity index (χ3n) is 2.30. The number of anilines is 1. The van der Waals surface area contributed by atoms with E-state index in [1.54, 1.807) is 17.7 Å². The zero-order chi connectivity index (χ0) is 11.5. The summed E-state index contributed by atoms with van der Waals surface area (Å²) in [5, 5.41) is 0. The Bertz CT molecular complexity index is 306. The molecule has 0 radical (unpaired) electrons. The molecule has 0 aliphatic heterocycles. The molecule has 86 valence electrons. The number of nitrogens with two attached hydrogens (primary N) is 1. The lowest BCUT2D eigenvalue weighted by Crippen LogP contribution is -2.19. The van der Waals surface area contributed by atoms with Gasteiger partial charge in [0.15, 0.2) is 5.95 Å². The zero-order valence-corrected chi connectivity index (χ0v) is 8.46. The quantitative estimate of drug-likeness (QED) is 0.848. The lowest BCUT2D eigenvalue weighted by atomic mass is 10.0. The highest BCUT2D eigenvalue weighted by atomic mass is 19.4. The summed E-state index contributed by atoms with van der Waals surface area (Å²) in [6, 6.07) is 0. The molecule has 0 spiro atoms. The van der Waals surface area contributed by atoms with Crippen molar-refractivity contribution in [2.45, 2.75) is 32.5 Å². The molecule has 15 heavy (non-hydrogen) atoms.